The maximum atomic E-state index is 12.6. The van der Waals surface area contributed by atoms with E-state index >= 15 is 0 Å². The third kappa shape index (κ3) is 8.27. The summed E-state index contributed by atoms with van der Waals surface area (Å²) in [6.45, 7) is 10.0. The van der Waals surface area contributed by atoms with Crippen LogP contribution in [-0.4, -0.2) is 52.9 Å². The molecule has 0 aliphatic rings. The van der Waals surface area contributed by atoms with E-state index in [1.54, 1.807) is 65.8 Å². The lowest BCUT2D eigenvalue weighted by Crippen LogP contribution is -2.43. The monoisotopic (exact) mass is 382 g/mol. The van der Waals surface area contributed by atoms with Crippen LogP contribution < -0.4 is 10.2 Å². The third-order valence-corrected chi connectivity index (χ3v) is 3.03. The maximum Gasteiger partial charge on any atom is 0.424 e. The van der Waals surface area contributed by atoms with Crippen LogP contribution in [0.4, 0.5) is 21.0 Å². The van der Waals surface area contributed by atoms with Gasteiger partial charge in [-0.25, -0.2) is 9.59 Å². The molecule has 1 atom stereocenters. The largest absolute Gasteiger partial charge is 0.443 e. The van der Waals surface area contributed by atoms with E-state index in [1.165, 1.54) is 0 Å². The molecule has 27 heavy (non-hydrogen) atoms. The molecule has 0 radical (unpaired) electrons. The molecule has 1 aromatic rings. The van der Waals surface area contributed by atoms with Crippen molar-refractivity contribution in [2.24, 2.45) is 0 Å². The highest BCUT2D eigenvalue weighted by Crippen LogP contribution is 2.23. The van der Waals surface area contributed by atoms with Gasteiger partial charge in [-0.1, -0.05) is 0 Å². The van der Waals surface area contributed by atoms with Crippen molar-refractivity contribution in [3.63, 3.8) is 0 Å². The molecule has 0 bridgehead atoms. The number of aliphatic hydroxyl groups is 2. The van der Waals surface area contributed by atoms with Crippen LogP contribution in [0.5, 0.6) is 0 Å². The van der Waals surface area contributed by atoms with Crippen LogP contribution in [-0.2, 0) is 9.47 Å². The Balaban J connectivity index is 3.04. The fraction of sp³-hybridized carbons (Fsp3) is 0.579. The highest BCUT2D eigenvalue weighted by molar-refractivity contribution is 6.09. The first-order valence-corrected chi connectivity index (χ1v) is 8.71. The second-order valence-electron chi connectivity index (χ2n) is 8.06. The van der Waals surface area contributed by atoms with Gasteiger partial charge in [-0.05, 0) is 65.8 Å². The van der Waals surface area contributed by atoms with Crippen LogP contribution in [0, 0.1) is 0 Å². The fourth-order valence-corrected chi connectivity index (χ4v) is 1.93. The number of carbonyl (C=O) groups excluding carboxylic acids is 2. The van der Waals surface area contributed by atoms with Crippen LogP contribution in [0.25, 0.3) is 0 Å². The average molecular weight is 382 g/mol. The van der Waals surface area contributed by atoms with Crippen LogP contribution >= 0.6 is 0 Å². The van der Waals surface area contributed by atoms with Gasteiger partial charge < -0.3 is 25.0 Å². The first kappa shape index (κ1) is 22.7. The summed E-state index contributed by atoms with van der Waals surface area (Å²) in [5.41, 5.74) is -0.621. The van der Waals surface area contributed by atoms with Crippen molar-refractivity contribution in [3.8, 4) is 0 Å². The Morgan fingerprint density at radius 1 is 1.00 bits per heavy atom. The number of rotatable bonds is 5. The third-order valence-electron chi connectivity index (χ3n) is 3.03. The van der Waals surface area contributed by atoms with Crippen molar-refractivity contribution in [1.29, 1.82) is 0 Å². The number of carbonyl (C=O) groups is 2. The summed E-state index contributed by atoms with van der Waals surface area (Å²) in [4.78, 5) is 25.9. The molecule has 0 aliphatic heterocycles. The van der Waals surface area contributed by atoms with E-state index < -0.39 is 29.5 Å². The molecule has 1 unspecified atom stereocenters. The molecule has 0 saturated heterocycles. The Morgan fingerprint density at radius 2 is 1.44 bits per heavy atom. The molecule has 3 N–H and O–H groups in total. The predicted molar refractivity (Wildman–Crippen MR) is 103 cm³/mol. The van der Waals surface area contributed by atoms with E-state index in [2.05, 4.69) is 5.32 Å². The van der Waals surface area contributed by atoms with Gasteiger partial charge in [-0.2, -0.15) is 4.90 Å². The first-order chi connectivity index (χ1) is 12.3. The highest BCUT2D eigenvalue weighted by Gasteiger charge is 2.32. The number of imide groups is 1. The Morgan fingerprint density at radius 3 is 1.81 bits per heavy atom. The number of amides is 2. The van der Waals surface area contributed by atoms with E-state index in [9.17, 15) is 14.7 Å². The summed E-state index contributed by atoms with van der Waals surface area (Å²) in [5, 5.41) is 21.2. The summed E-state index contributed by atoms with van der Waals surface area (Å²) in [7, 11) is 0. The molecule has 8 heteroatoms. The lowest BCUT2D eigenvalue weighted by molar-refractivity contribution is 0.0430. The van der Waals surface area contributed by atoms with Crippen molar-refractivity contribution < 1.29 is 29.3 Å². The number of aliphatic hydroxyl groups excluding tert-OH is 2. The van der Waals surface area contributed by atoms with Crippen LogP contribution in [0.3, 0.4) is 0 Å². The van der Waals surface area contributed by atoms with E-state index in [0.29, 0.717) is 5.69 Å². The molecule has 8 nitrogen and oxygen atoms in total. The van der Waals surface area contributed by atoms with Gasteiger partial charge in [0.1, 0.15) is 11.2 Å². The van der Waals surface area contributed by atoms with Crippen molar-refractivity contribution in [3.05, 3.63) is 24.3 Å². The molecular weight excluding hydrogens is 352 g/mol. The Labute approximate surface area is 160 Å². The lowest BCUT2D eigenvalue weighted by atomic mass is 10.2. The Hall–Kier alpha value is -2.32. The first-order valence-electron chi connectivity index (χ1n) is 8.71. The number of benzene rings is 1. The standard InChI is InChI=1S/C19H30N2O6/c1-18(2,3)26-16(24)21(17(25)27-19(4,5)6)14-9-7-13(8-10-14)20-11-15(23)12-22/h7-10,15,20,22-23H,11-12H2,1-6H3. The number of anilines is 2. The quantitative estimate of drug-likeness (QED) is 0.718. The normalized spacial score (nSPS) is 12.9. The van der Waals surface area contributed by atoms with E-state index in [-0.39, 0.29) is 18.8 Å². The van der Waals surface area contributed by atoms with E-state index in [4.69, 9.17) is 14.6 Å². The molecule has 1 rings (SSSR count). The van der Waals surface area contributed by atoms with Crippen molar-refractivity contribution in [2.75, 3.05) is 23.4 Å². The number of nitrogens with one attached hydrogen (secondary N) is 1. The van der Waals surface area contributed by atoms with Crippen LogP contribution in [0.1, 0.15) is 41.5 Å². The van der Waals surface area contributed by atoms with Gasteiger partial charge in [0.15, 0.2) is 0 Å². The number of ether oxygens (including phenoxy) is 2. The zero-order valence-corrected chi connectivity index (χ0v) is 16.8. The molecule has 2 amide bonds. The lowest BCUT2D eigenvalue weighted by Gasteiger charge is -2.28. The molecular formula is C19H30N2O6. The summed E-state index contributed by atoms with van der Waals surface area (Å²) in [6.07, 6.45) is -2.56. The minimum absolute atomic E-state index is 0.164. The molecule has 0 saturated carbocycles. The minimum atomic E-state index is -0.885. The second-order valence-corrected chi connectivity index (χ2v) is 8.06. The topological polar surface area (TPSA) is 108 Å². The maximum absolute atomic E-state index is 12.6. The van der Waals surface area contributed by atoms with E-state index in [1.807, 2.05) is 0 Å². The summed E-state index contributed by atoms with van der Waals surface area (Å²) < 4.78 is 10.6. The summed E-state index contributed by atoms with van der Waals surface area (Å²) >= 11 is 0. The number of hydrogen-bond donors (Lipinski definition) is 3. The molecule has 0 aliphatic carbocycles. The predicted octanol–water partition coefficient (Wildman–Crippen LogP) is 3.13. The van der Waals surface area contributed by atoms with Gasteiger partial charge in [0.2, 0.25) is 0 Å². The minimum Gasteiger partial charge on any atom is -0.443 e. The fourth-order valence-electron chi connectivity index (χ4n) is 1.93. The van der Waals surface area contributed by atoms with Crippen LogP contribution in [0.15, 0.2) is 24.3 Å². The van der Waals surface area contributed by atoms with Crippen molar-refractivity contribution in [1.82, 2.24) is 0 Å². The molecule has 0 aromatic heterocycles. The van der Waals surface area contributed by atoms with Gasteiger partial charge >= 0.3 is 12.2 Å². The van der Waals surface area contributed by atoms with Gasteiger partial charge in [-0.15, -0.1) is 0 Å². The zero-order chi connectivity index (χ0) is 20.8. The van der Waals surface area contributed by atoms with E-state index in [0.717, 1.165) is 4.90 Å². The summed E-state index contributed by atoms with van der Waals surface area (Å²) in [5.74, 6) is 0. The molecule has 0 fully saturated rings. The van der Waals surface area contributed by atoms with Crippen molar-refractivity contribution >= 4 is 23.6 Å². The molecule has 152 valence electrons. The van der Waals surface area contributed by atoms with Gasteiger partial charge in [0.25, 0.3) is 0 Å². The highest BCUT2D eigenvalue weighted by atomic mass is 16.6. The van der Waals surface area contributed by atoms with Crippen LogP contribution in [0.2, 0.25) is 0 Å². The van der Waals surface area contributed by atoms with Gasteiger partial charge in [-0.3, -0.25) is 0 Å². The number of nitrogens with zero attached hydrogens (tertiary/aromatic N) is 1. The SMILES string of the molecule is CC(C)(C)OC(=O)N(C(=O)OC(C)(C)C)c1ccc(NCC(O)CO)cc1. The molecule has 0 heterocycles. The molecule has 0 spiro atoms. The Bertz CT molecular complexity index is 603. The van der Waals surface area contributed by atoms with Crippen molar-refractivity contribution in [2.45, 2.75) is 58.8 Å². The number of hydrogen-bond acceptors (Lipinski definition) is 7. The second kappa shape index (κ2) is 9.05. The summed E-state index contributed by atoms with van der Waals surface area (Å²) in [6, 6.07) is 6.39. The molecule has 1 aromatic carbocycles. The smallest absolute Gasteiger partial charge is 0.424 e. The van der Waals surface area contributed by atoms with Gasteiger partial charge in [0.05, 0.1) is 18.4 Å². The average Bonchev–Trinajstić information content (AvgIpc) is 2.50. The van der Waals surface area contributed by atoms with Gasteiger partial charge in [0, 0.05) is 12.2 Å². The Kier molecular flexibility index (Phi) is 7.62. The zero-order valence-electron chi connectivity index (χ0n) is 16.8.